The molecule has 0 unspecified atom stereocenters. The lowest BCUT2D eigenvalue weighted by Crippen LogP contribution is -2.51. The number of hydrogen-bond donors (Lipinski definition) is 2. The highest BCUT2D eigenvalue weighted by atomic mass is 16.6. The number of nitrogens with zero attached hydrogens (tertiary/aromatic N) is 2. The summed E-state index contributed by atoms with van der Waals surface area (Å²) in [7, 11) is 0. The van der Waals surface area contributed by atoms with Crippen molar-refractivity contribution in [2.24, 2.45) is 0 Å². The Morgan fingerprint density at radius 3 is 2.91 bits per heavy atom. The fourth-order valence-electron chi connectivity index (χ4n) is 2.80. The number of nitrogens with one attached hydrogen (secondary N) is 1. The van der Waals surface area contributed by atoms with E-state index in [0.717, 1.165) is 12.8 Å². The van der Waals surface area contributed by atoms with Crippen molar-refractivity contribution in [3.05, 3.63) is 39.9 Å². The second-order valence-corrected chi connectivity index (χ2v) is 6.09. The number of carbonyl (C=O) groups is 1. The van der Waals surface area contributed by atoms with E-state index in [1.165, 1.54) is 12.1 Å². The number of nitro groups is 1. The molecule has 2 rings (SSSR count). The summed E-state index contributed by atoms with van der Waals surface area (Å²) in [5.41, 5.74) is -0.275. The maximum Gasteiger partial charge on any atom is 0.318 e. The predicted octanol–water partition coefficient (Wildman–Crippen LogP) is 2.04. The third-order valence-corrected chi connectivity index (χ3v) is 3.89. The Bertz CT molecular complexity index is 568. The number of amides is 2. The molecule has 7 nitrogen and oxygen atoms in total. The van der Waals surface area contributed by atoms with Crippen molar-refractivity contribution in [3.8, 4) is 0 Å². The molecule has 22 heavy (non-hydrogen) atoms. The van der Waals surface area contributed by atoms with E-state index in [2.05, 4.69) is 5.32 Å². The van der Waals surface area contributed by atoms with Gasteiger partial charge in [-0.3, -0.25) is 10.1 Å². The summed E-state index contributed by atoms with van der Waals surface area (Å²) in [4.78, 5) is 24.2. The smallest absolute Gasteiger partial charge is 0.318 e. The van der Waals surface area contributed by atoms with E-state index < -0.39 is 10.5 Å². The number of urea groups is 1. The normalized spacial score (nSPS) is 18.3. The van der Waals surface area contributed by atoms with Crippen molar-refractivity contribution in [3.63, 3.8) is 0 Å². The molecule has 1 heterocycles. The first-order valence-corrected chi connectivity index (χ1v) is 7.29. The Balaban J connectivity index is 1.98. The molecular weight excluding hydrogens is 286 g/mol. The first-order chi connectivity index (χ1) is 10.3. The van der Waals surface area contributed by atoms with Gasteiger partial charge in [-0.05, 0) is 32.3 Å². The van der Waals surface area contributed by atoms with Gasteiger partial charge >= 0.3 is 6.03 Å². The predicted molar refractivity (Wildman–Crippen MR) is 81.4 cm³/mol. The minimum atomic E-state index is -0.945. The van der Waals surface area contributed by atoms with Crippen molar-refractivity contribution in [1.82, 2.24) is 10.2 Å². The van der Waals surface area contributed by atoms with Crippen LogP contribution in [0, 0.1) is 10.1 Å². The van der Waals surface area contributed by atoms with Gasteiger partial charge in [-0.15, -0.1) is 0 Å². The van der Waals surface area contributed by atoms with Crippen LogP contribution in [0.1, 0.15) is 32.3 Å². The number of carbonyl (C=O) groups excluding carboxylic acids is 1. The lowest BCUT2D eigenvalue weighted by atomic mass is 9.97. The molecular formula is C15H21N3O4. The number of hydrogen-bond acceptors (Lipinski definition) is 4. The number of rotatable bonds is 4. The van der Waals surface area contributed by atoms with Crippen LogP contribution in [0.15, 0.2) is 24.3 Å². The number of likely N-dealkylation sites (tertiary alicyclic amines) is 1. The SMILES string of the molecule is CC(C)(O)[C@H]1CCCN1C(=O)NCc1cccc([N+](=O)[O-])c1. The van der Waals surface area contributed by atoms with Gasteiger partial charge in [0.1, 0.15) is 0 Å². The van der Waals surface area contributed by atoms with Gasteiger partial charge in [0.25, 0.3) is 5.69 Å². The zero-order valence-electron chi connectivity index (χ0n) is 12.8. The highest BCUT2D eigenvalue weighted by molar-refractivity contribution is 5.75. The third-order valence-electron chi connectivity index (χ3n) is 3.89. The van der Waals surface area contributed by atoms with Crippen LogP contribution in [0.4, 0.5) is 10.5 Å². The lowest BCUT2D eigenvalue weighted by Gasteiger charge is -2.33. The van der Waals surface area contributed by atoms with Crippen LogP contribution in [-0.2, 0) is 6.54 Å². The molecule has 7 heteroatoms. The van der Waals surface area contributed by atoms with Crippen molar-refractivity contribution >= 4 is 11.7 Å². The fraction of sp³-hybridized carbons (Fsp3) is 0.533. The molecule has 0 aliphatic carbocycles. The Hall–Kier alpha value is -2.15. The molecule has 1 aliphatic rings. The second-order valence-electron chi connectivity index (χ2n) is 6.09. The van der Waals surface area contributed by atoms with E-state index in [1.807, 2.05) is 0 Å². The molecule has 1 saturated heterocycles. The zero-order valence-corrected chi connectivity index (χ0v) is 12.8. The average molecular weight is 307 g/mol. The molecule has 0 spiro atoms. The maximum absolute atomic E-state index is 12.3. The number of nitro benzene ring substituents is 1. The molecule has 120 valence electrons. The summed E-state index contributed by atoms with van der Waals surface area (Å²) in [5, 5.41) is 23.6. The maximum atomic E-state index is 12.3. The minimum absolute atomic E-state index is 0.00212. The summed E-state index contributed by atoms with van der Waals surface area (Å²) in [6, 6.07) is 5.71. The van der Waals surface area contributed by atoms with Gasteiger partial charge in [0.15, 0.2) is 0 Å². The monoisotopic (exact) mass is 307 g/mol. The molecule has 0 aromatic heterocycles. The lowest BCUT2D eigenvalue weighted by molar-refractivity contribution is -0.384. The van der Waals surface area contributed by atoms with Gasteiger partial charge in [0.2, 0.25) is 0 Å². The van der Waals surface area contributed by atoms with E-state index in [9.17, 15) is 20.0 Å². The van der Waals surface area contributed by atoms with Crippen molar-refractivity contribution in [1.29, 1.82) is 0 Å². The standard InChI is InChI=1S/C15H21N3O4/c1-15(2,20)13-7-4-8-17(13)14(19)16-10-11-5-3-6-12(9-11)18(21)22/h3,5-6,9,13,20H,4,7-8,10H2,1-2H3,(H,16,19)/t13-/m1/s1. The Morgan fingerprint density at radius 2 is 2.27 bits per heavy atom. The molecule has 0 saturated carbocycles. The summed E-state index contributed by atoms with van der Waals surface area (Å²) in [6.07, 6.45) is 1.63. The van der Waals surface area contributed by atoms with E-state index in [4.69, 9.17) is 0 Å². The molecule has 0 radical (unpaired) electrons. The number of benzene rings is 1. The quantitative estimate of drug-likeness (QED) is 0.657. The second kappa shape index (κ2) is 6.31. The van der Waals surface area contributed by atoms with E-state index in [-0.39, 0.29) is 24.3 Å². The van der Waals surface area contributed by atoms with Gasteiger partial charge < -0.3 is 15.3 Å². The van der Waals surface area contributed by atoms with Gasteiger partial charge in [-0.25, -0.2) is 4.79 Å². The van der Waals surface area contributed by atoms with E-state index in [1.54, 1.807) is 30.9 Å². The van der Waals surface area contributed by atoms with Gasteiger partial charge in [-0.2, -0.15) is 0 Å². The van der Waals surface area contributed by atoms with Crippen molar-refractivity contribution < 1.29 is 14.8 Å². The van der Waals surface area contributed by atoms with Crippen LogP contribution in [0.25, 0.3) is 0 Å². The van der Waals surface area contributed by atoms with Crippen LogP contribution in [0.2, 0.25) is 0 Å². The van der Waals surface area contributed by atoms with Crippen LogP contribution >= 0.6 is 0 Å². The highest BCUT2D eigenvalue weighted by Gasteiger charge is 2.38. The van der Waals surface area contributed by atoms with Gasteiger partial charge in [-0.1, -0.05) is 12.1 Å². The van der Waals surface area contributed by atoms with Crippen LogP contribution < -0.4 is 5.32 Å². The Morgan fingerprint density at radius 1 is 1.55 bits per heavy atom. The summed E-state index contributed by atoms with van der Waals surface area (Å²) in [6.45, 7) is 4.22. The molecule has 1 aliphatic heterocycles. The average Bonchev–Trinajstić information content (AvgIpc) is 2.94. The summed E-state index contributed by atoms with van der Waals surface area (Å²) >= 11 is 0. The Labute approximate surface area is 129 Å². The number of non-ortho nitro benzene ring substituents is 1. The molecule has 0 bridgehead atoms. The zero-order chi connectivity index (χ0) is 16.3. The molecule has 1 aromatic carbocycles. The molecule has 1 atom stereocenters. The van der Waals surface area contributed by atoms with E-state index >= 15 is 0 Å². The van der Waals surface area contributed by atoms with Crippen LogP contribution in [0.5, 0.6) is 0 Å². The topological polar surface area (TPSA) is 95.7 Å². The number of aliphatic hydroxyl groups is 1. The van der Waals surface area contributed by atoms with Crippen LogP contribution in [-0.4, -0.2) is 39.1 Å². The Kier molecular flexibility index (Phi) is 4.65. The fourth-order valence-corrected chi connectivity index (χ4v) is 2.80. The molecule has 2 N–H and O–H groups in total. The van der Waals surface area contributed by atoms with E-state index in [0.29, 0.717) is 12.1 Å². The largest absolute Gasteiger partial charge is 0.388 e. The van der Waals surface area contributed by atoms with Crippen molar-refractivity contribution in [2.75, 3.05) is 6.54 Å². The van der Waals surface area contributed by atoms with Gasteiger partial charge in [0, 0.05) is 25.2 Å². The van der Waals surface area contributed by atoms with Gasteiger partial charge in [0.05, 0.1) is 16.6 Å². The summed E-state index contributed by atoms with van der Waals surface area (Å²) < 4.78 is 0. The third kappa shape index (κ3) is 3.73. The first-order valence-electron chi connectivity index (χ1n) is 7.29. The minimum Gasteiger partial charge on any atom is -0.388 e. The molecule has 2 amide bonds. The summed E-state index contributed by atoms with van der Waals surface area (Å²) in [5.74, 6) is 0. The van der Waals surface area contributed by atoms with Crippen LogP contribution in [0.3, 0.4) is 0 Å². The van der Waals surface area contributed by atoms with Crippen molar-refractivity contribution in [2.45, 2.75) is 44.9 Å². The first kappa shape index (κ1) is 16.2. The molecule has 1 aromatic rings. The highest BCUT2D eigenvalue weighted by Crippen LogP contribution is 2.26. The molecule has 1 fully saturated rings.